The maximum absolute atomic E-state index is 13.4. The van der Waals surface area contributed by atoms with Crippen LogP contribution in [0.5, 0.6) is 5.75 Å². The van der Waals surface area contributed by atoms with Crippen molar-refractivity contribution in [3.63, 3.8) is 0 Å². The van der Waals surface area contributed by atoms with Gasteiger partial charge in [-0.15, -0.1) is 0 Å². The van der Waals surface area contributed by atoms with Crippen LogP contribution in [0.1, 0.15) is 19.3 Å². The van der Waals surface area contributed by atoms with E-state index in [1.807, 2.05) is 12.2 Å². The largest absolute Gasteiger partial charge is 0.487 e. The monoisotopic (exact) mass is 379 g/mol. The molecular weight excluding hydrogens is 360 g/mol. The summed E-state index contributed by atoms with van der Waals surface area (Å²) in [5, 5.41) is 1.02. The van der Waals surface area contributed by atoms with Gasteiger partial charge in [-0.3, -0.25) is 0 Å². The molecule has 0 aliphatic carbocycles. The van der Waals surface area contributed by atoms with Crippen molar-refractivity contribution in [2.75, 3.05) is 6.61 Å². The fraction of sp³-hybridized carbons (Fsp3) is 0.368. The molecule has 4 rings (SSSR count). The Balaban J connectivity index is 1.80. The number of hydrogen-bond acceptors (Lipinski definition) is 3. The Morgan fingerprint density at radius 3 is 2.62 bits per heavy atom. The number of nitrogens with zero attached hydrogens (tertiary/aromatic N) is 1. The second-order valence-corrected chi connectivity index (χ2v) is 8.42. The van der Waals surface area contributed by atoms with Crippen LogP contribution in [0.4, 0.5) is 8.78 Å². The molecule has 7 heteroatoms. The van der Waals surface area contributed by atoms with Crippen LogP contribution in [0.25, 0.3) is 10.8 Å². The second kappa shape index (κ2) is 6.63. The molecule has 2 aliphatic rings. The number of ether oxygens (including phenoxy) is 1. The van der Waals surface area contributed by atoms with Crippen molar-refractivity contribution in [1.82, 2.24) is 4.31 Å². The highest BCUT2D eigenvalue weighted by Gasteiger charge is 2.42. The molecule has 2 aromatic carbocycles. The van der Waals surface area contributed by atoms with Crippen LogP contribution in [0.15, 0.2) is 53.4 Å². The quantitative estimate of drug-likeness (QED) is 0.739. The van der Waals surface area contributed by atoms with E-state index in [2.05, 4.69) is 0 Å². The van der Waals surface area contributed by atoms with Crippen molar-refractivity contribution in [2.45, 2.75) is 42.7 Å². The van der Waals surface area contributed by atoms with Gasteiger partial charge in [0, 0.05) is 22.9 Å². The highest BCUT2D eigenvalue weighted by atomic mass is 32.2. The molecule has 2 atom stereocenters. The maximum atomic E-state index is 13.4. The Hall–Kier alpha value is -1.99. The van der Waals surface area contributed by atoms with Crippen molar-refractivity contribution in [3.05, 3.63) is 48.6 Å². The van der Waals surface area contributed by atoms with E-state index in [0.717, 1.165) is 19.3 Å². The number of alkyl halides is 2. The topological polar surface area (TPSA) is 46.6 Å². The summed E-state index contributed by atoms with van der Waals surface area (Å²) in [4.78, 5) is 0.199. The van der Waals surface area contributed by atoms with E-state index in [1.54, 1.807) is 28.6 Å². The van der Waals surface area contributed by atoms with Crippen molar-refractivity contribution in [1.29, 1.82) is 0 Å². The predicted molar refractivity (Wildman–Crippen MR) is 95.0 cm³/mol. The van der Waals surface area contributed by atoms with Crippen molar-refractivity contribution in [3.8, 4) is 5.75 Å². The summed E-state index contributed by atoms with van der Waals surface area (Å²) >= 11 is 0. The third-order valence-corrected chi connectivity index (χ3v) is 7.05. The predicted octanol–water partition coefficient (Wildman–Crippen LogP) is 3.97. The molecule has 0 saturated carbocycles. The zero-order valence-corrected chi connectivity index (χ0v) is 14.8. The molecular formula is C19H19F2NO3S. The molecule has 4 nitrogen and oxygen atoms in total. The van der Waals surface area contributed by atoms with Crippen molar-refractivity contribution in [2.24, 2.45) is 0 Å². The average molecular weight is 379 g/mol. The van der Waals surface area contributed by atoms with E-state index >= 15 is 0 Å². The SMILES string of the molecule is O=S(=O)(c1ccc(OCC(F)F)c2ccccc12)N1C2C=CCC1CC2. The summed E-state index contributed by atoms with van der Waals surface area (Å²) in [7, 11) is -3.69. The van der Waals surface area contributed by atoms with E-state index in [-0.39, 0.29) is 22.7 Å². The maximum Gasteiger partial charge on any atom is 0.272 e. The second-order valence-electron chi connectivity index (χ2n) is 6.61. The van der Waals surface area contributed by atoms with Gasteiger partial charge < -0.3 is 4.74 Å². The molecule has 1 saturated heterocycles. The lowest BCUT2D eigenvalue weighted by molar-refractivity contribution is 0.0826. The van der Waals surface area contributed by atoms with E-state index in [0.29, 0.717) is 10.8 Å². The number of benzene rings is 2. The van der Waals surface area contributed by atoms with Crippen LogP contribution in [-0.2, 0) is 10.0 Å². The molecule has 26 heavy (non-hydrogen) atoms. The van der Waals surface area contributed by atoms with Gasteiger partial charge in [0.05, 0.1) is 4.90 Å². The van der Waals surface area contributed by atoms with Crippen LogP contribution in [0, 0.1) is 0 Å². The van der Waals surface area contributed by atoms with Crippen LogP contribution in [-0.4, -0.2) is 37.8 Å². The third-order valence-electron chi connectivity index (χ3n) is 5.01. The molecule has 2 unspecified atom stereocenters. The number of fused-ring (bicyclic) bond motifs is 3. The van der Waals surface area contributed by atoms with Gasteiger partial charge in [0.15, 0.2) is 0 Å². The first-order valence-electron chi connectivity index (χ1n) is 8.61. The first-order valence-corrected chi connectivity index (χ1v) is 10.1. The Bertz CT molecular complexity index is 958. The Morgan fingerprint density at radius 2 is 1.88 bits per heavy atom. The lowest BCUT2D eigenvalue weighted by Crippen LogP contribution is -2.42. The van der Waals surface area contributed by atoms with Gasteiger partial charge in [0.1, 0.15) is 12.4 Å². The number of hydrogen-bond donors (Lipinski definition) is 0. The highest BCUT2D eigenvalue weighted by molar-refractivity contribution is 7.89. The fourth-order valence-corrected chi connectivity index (χ4v) is 5.96. The fourth-order valence-electron chi connectivity index (χ4n) is 3.92. The third kappa shape index (κ3) is 2.89. The first-order chi connectivity index (χ1) is 12.5. The molecule has 138 valence electrons. The van der Waals surface area contributed by atoms with Crippen LogP contribution in [0.2, 0.25) is 0 Å². The summed E-state index contributed by atoms with van der Waals surface area (Å²) in [6.45, 7) is -0.725. The average Bonchev–Trinajstić information content (AvgIpc) is 2.90. The van der Waals surface area contributed by atoms with Crippen LogP contribution in [0.3, 0.4) is 0 Å². The minimum atomic E-state index is -3.69. The van der Waals surface area contributed by atoms with Gasteiger partial charge in [-0.05, 0) is 31.4 Å². The normalized spacial score (nSPS) is 23.0. The zero-order valence-electron chi connectivity index (χ0n) is 14.0. The number of sulfonamides is 1. The molecule has 2 aliphatic heterocycles. The minimum Gasteiger partial charge on any atom is -0.487 e. The van der Waals surface area contributed by atoms with E-state index < -0.39 is 23.1 Å². The smallest absolute Gasteiger partial charge is 0.272 e. The van der Waals surface area contributed by atoms with Gasteiger partial charge in [-0.1, -0.05) is 36.4 Å². The van der Waals surface area contributed by atoms with E-state index in [4.69, 9.17) is 4.74 Å². The van der Waals surface area contributed by atoms with Gasteiger partial charge >= 0.3 is 0 Å². The van der Waals surface area contributed by atoms with Crippen molar-refractivity contribution < 1.29 is 21.9 Å². The molecule has 2 aromatic rings. The van der Waals surface area contributed by atoms with Crippen molar-refractivity contribution >= 4 is 20.8 Å². The standard InChI is InChI=1S/C19H19F2NO3S/c20-19(21)12-25-17-10-11-18(16-7-2-1-6-15(16)17)26(23,24)22-13-4-3-5-14(22)9-8-13/h1-4,6-7,10-11,13-14,19H,5,8-9,12H2. The summed E-state index contributed by atoms with van der Waals surface area (Å²) in [6, 6.07) is 9.69. The Kier molecular flexibility index (Phi) is 4.44. The molecule has 0 amide bonds. The van der Waals surface area contributed by atoms with E-state index in [9.17, 15) is 17.2 Å². The van der Waals surface area contributed by atoms with E-state index in [1.165, 1.54) is 12.1 Å². The lowest BCUT2D eigenvalue weighted by Gasteiger charge is -2.30. The summed E-state index contributed by atoms with van der Waals surface area (Å²) in [6.07, 6.45) is 3.83. The van der Waals surface area contributed by atoms with Crippen LogP contribution < -0.4 is 4.74 Å². The summed E-state index contributed by atoms with van der Waals surface area (Å²) in [5.74, 6) is 0.265. The Morgan fingerprint density at radius 1 is 1.12 bits per heavy atom. The number of rotatable bonds is 5. The Labute approximate surface area is 151 Å². The molecule has 0 spiro atoms. The summed E-state index contributed by atoms with van der Waals surface area (Å²) < 4.78 is 58.5. The lowest BCUT2D eigenvalue weighted by atomic mass is 10.1. The highest BCUT2D eigenvalue weighted by Crippen LogP contribution is 2.39. The van der Waals surface area contributed by atoms with Gasteiger partial charge in [-0.2, -0.15) is 4.31 Å². The van der Waals surface area contributed by atoms with Gasteiger partial charge in [0.2, 0.25) is 10.0 Å². The summed E-state index contributed by atoms with van der Waals surface area (Å²) in [5.41, 5.74) is 0. The minimum absolute atomic E-state index is 0.0106. The number of halogens is 2. The first kappa shape index (κ1) is 17.4. The molecule has 0 N–H and O–H groups in total. The molecule has 2 heterocycles. The molecule has 2 bridgehead atoms. The zero-order chi connectivity index (χ0) is 18.3. The van der Waals surface area contributed by atoms with Gasteiger partial charge in [-0.25, -0.2) is 17.2 Å². The van der Waals surface area contributed by atoms with Gasteiger partial charge in [0.25, 0.3) is 6.43 Å². The molecule has 0 aromatic heterocycles. The van der Waals surface area contributed by atoms with Crippen LogP contribution >= 0.6 is 0 Å². The molecule has 1 fully saturated rings. The molecule has 0 radical (unpaired) electrons.